The Morgan fingerprint density at radius 2 is 1.75 bits per heavy atom. The number of anilines is 2. The van der Waals surface area contributed by atoms with Gasteiger partial charge in [0.15, 0.2) is 0 Å². The number of amides is 1. The third-order valence-electron chi connectivity index (χ3n) is 4.55. The van der Waals surface area contributed by atoms with Crippen LogP contribution in [-0.4, -0.2) is 29.0 Å². The van der Waals surface area contributed by atoms with E-state index < -0.39 is 0 Å². The third kappa shape index (κ3) is 3.91. The zero-order valence-electron chi connectivity index (χ0n) is 14.3. The van der Waals surface area contributed by atoms with Crippen molar-refractivity contribution in [3.63, 3.8) is 0 Å². The molecule has 0 aliphatic carbocycles. The van der Waals surface area contributed by atoms with Gasteiger partial charge >= 0.3 is 0 Å². The lowest BCUT2D eigenvalue weighted by molar-refractivity contribution is -0.120. The quantitative estimate of drug-likeness (QED) is 0.936. The van der Waals surface area contributed by atoms with Crippen molar-refractivity contribution in [1.29, 1.82) is 0 Å². The van der Waals surface area contributed by atoms with Gasteiger partial charge in [-0.15, -0.1) is 0 Å². The largest absolute Gasteiger partial charge is 0.341 e. The Morgan fingerprint density at radius 3 is 2.33 bits per heavy atom. The molecule has 1 amide bonds. The molecule has 1 aromatic heterocycles. The van der Waals surface area contributed by atoms with Crippen molar-refractivity contribution < 1.29 is 4.79 Å². The predicted molar refractivity (Wildman–Crippen MR) is 96.1 cm³/mol. The van der Waals surface area contributed by atoms with E-state index in [-0.39, 0.29) is 11.8 Å². The fraction of sp³-hybridized carbons (Fsp3) is 0.421. The van der Waals surface area contributed by atoms with Gasteiger partial charge in [-0.25, -0.2) is 9.97 Å². The van der Waals surface area contributed by atoms with Gasteiger partial charge in [0.2, 0.25) is 11.9 Å². The highest BCUT2D eigenvalue weighted by atomic mass is 16.1. The maximum Gasteiger partial charge on any atom is 0.227 e. The summed E-state index contributed by atoms with van der Waals surface area (Å²) in [6.45, 7) is 5.96. The van der Waals surface area contributed by atoms with Crippen LogP contribution in [0.2, 0.25) is 0 Å². The van der Waals surface area contributed by atoms with E-state index in [4.69, 9.17) is 0 Å². The van der Waals surface area contributed by atoms with Gasteiger partial charge in [0, 0.05) is 37.1 Å². The van der Waals surface area contributed by atoms with Crippen molar-refractivity contribution in [3.05, 3.63) is 48.3 Å². The van der Waals surface area contributed by atoms with Crippen molar-refractivity contribution >= 4 is 17.5 Å². The van der Waals surface area contributed by atoms with E-state index in [1.165, 1.54) is 5.56 Å². The molecule has 1 aliphatic rings. The van der Waals surface area contributed by atoms with Gasteiger partial charge in [0.25, 0.3) is 0 Å². The van der Waals surface area contributed by atoms with Crippen LogP contribution in [0.3, 0.4) is 0 Å². The second-order valence-corrected chi connectivity index (χ2v) is 6.58. The summed E-state index contributed by atoms with van der Waals surface area (Å²) in [5.41, 5.74) is 2.15. The third-order valence-corrected chi connectivity index (χ3v) is 4.55. The molecule has 1 fully saturated rings. The van der Waals surface area contributed by atoms with Gasteiger partial charge in [0.1, 0.15) is 0 Å². The highest BCUT2D eigenvalue weighted by Gasteiger charge is 2.26. The predicted octanol–water partition coefficient (Wildman–Crippen LogP) is 3.46. The monoisotopic (exact) mass is 324 g/mol. The highest BCUT2D eigenvalue weighted by molar-refractivity contribution is 5.92. The summed E-state index contributed by atoms with van der Waals surface area (Å²) in [5.74, 6) is 1.41. The minimum absolute atomic E-state index is 0.0507. The van der Waals surface area contributed by atoms with Crippen LogP contribution in [0.1, 0.15) is 38.2 Å². The SMILES string of the molecule is CC(C)c1ccc(NC(=O)C2CCN(c3ncccn3)CC2)cc1. The molecular formula is C19H24N4O. The Bertz CT molecular complexity index is 662. The van der Waals surface area contributed by atoms with E-state index in [2.05, 4.69) is 46.2 Å². The topological polar surface area (TPSA) is 58.1 Å². The van der Waals surface area contributed by atoms with E-state index in [0.29, 0.717) is 5.92 Å². The summed E-state index contributed by atoms with van der Waals surface area (Å²) >= 11 is 0. The van der Waals surface area contributed by atoms with E-state index in [1.807, 2.05) is 18.2 Å². The second-order valence-electron chi connectivity index (χ2n) is 6.58. The normalized spacial score (nSPS) is 15.5. The zero-order valence-corrected chi connectivity index (χ0v) is 14.3. The second kappa shape index (κ2) is 7.43. The summed E-state index contributed by atoms with van der Waals surface area (Å²) in [5, 5.41) is 3.04. The molecule has 0 atom stereocenters. The molecule has 2 aromatic rings. The Hall–Kier alpha value is -2.43. The van der Waals surface area contributed by atoms with Crippen molar-refractivity contribution in [3.8, 4) is 0 Å². The highest BCUT2D eigenvalue weighted by Crippen LogP contribution is 2.23. The smallest absolute Gasteiger partial charge is 0.227 e. The number of nitrogens with one attached hydrogen (secondary N) is 1. The van der Waals surface area contributed by atoms with Gasteiger partial charge in [-0.2, -0.15) is 0 Å². The molecule has 1 N–H and O–H groups in total. The molecule has 1 saturated heterocycles. The number of rotatable bonds is 4. The van der Waals surface area contributed by atoms with Crippen molar-refractivity contribution in [2.75, 3.05) is 23.3 Å². The first-order valence-corrected chi connectivity index (χ1v) is 8.56. The average molecular weight is 324 g/mol. The number of benzene rings is 1. The van der Waals surface area contributed by atoms with Crippen LogP contribution in [0.25, 0.3) is 0 Å². The van der Waals surface area contributed by atoms with Gasteiger partial charge in [-0.05, 0) is 42.5 Å². The molecule has 3 rings (SSSR count). The van der Waals surface area contributed by atoms with Crippen LogP contribution in [-0.2, 0) is 4.79 Å². The van der Waals surface area contributed by atoms with Crippen molar-refractivity contribution in [1.82, 2.24) is 9.97 Å². The Labute approximate surface area is 143 Å². The fourth-order valence-corrected chi connectivity index (χ4v) is 2.99. The van der Waals surface area contributed by atoms with Gasteiger partial charge < -0.3 is 10.2 Å². The number of piperidine rings is 1. The Kier molecular flexibility index (Phi) is 5.08. The molecular weight excluding hydrogens is 300 g/mol. The fourth-order valence-electron chi connectivity index (χ4n) is 2.99. The first-order valence-electron chi connectivity index (χ1n) is 8.56. The summed E-state index contributed by atoms with van der Waals surface area (Å²) in [4.78, 5) is 23.2. The van der Waals surface area contributed by atoms with Crippen LogP contribution in [0, 0.1) is 5.92 Å². The van der Waals surface area contributed by atoms with Crippen LogP contribution in [0.4, 0.5) is 11.6 Å². The molecule has 5 nitrogen and oxygen atoms in total. The van der Waals surface area contributed by atoms with Crippen LogP contribution in [0.5, 0.6) is 0 Å². The standard InChI is InChI=1S/C19H24N4O/c1-14(2)15-4-6-17(7-5-15)22-18(24)16-8-12-23(13-9-16)19-20-10-3-11-21-19/h3-7,10-11,14,16H,8-9,12-13H2,1-2H3,(H,22,24). The van der Waals surface area contributed by atoms with Crippen molar-refractivity contribution in [2.24, 2.45) is 5.92 Å². The van der Waals surface area contributed by atoms with Crippen molar-refractivity contribution in [2.45, 2.75) is 32.6 Å². The van der Waals surface area contributed by atoms with Crippen LogP contribution >= 0.6 is 0 Å². The van der Waals surface area contributed by atoms with E-state index in [0.717, 1.165) is 37.6 Å². The number of aromatic nitrogens is 2. The number of hydrogen-bond acceptors (Lipinski definition) is 4. The molecule has 2 heterocycles. The number of hydrogen-bond donors (Lipinski definition) is 1. The zero-order chi connectivity index (χ0) is 16.9. The molecule has 126 valence electrons. The Morgan fingerprint density at radius 1 is 1.12 bits per heavy atom. The Balaban J connectivity index is 1.53. The first kappa shape index (κ1) is 16.4. The number of carbonyl (C=O) groups excluding carboxylic acids is 1. The molecule has 5 heteroatoms. The lowest BCUT2D eigenvalue weighted by Crippen LogP contribution is -2.39. The minimum atomic E-state index is 0.0507. The van der Waals surface area contributed by atoms with E-state index >= 15 is 0 Å². The minimum Gasteiger partial charge on any atom is -0.341 e. The number of carbonyl (C=O) groups is 1. The molecule has 1 aliphatic heterocycles. The average Bonchev–Trinajstić information content (AvgIpc) is 2.63. The van der Waals surface area contributed by atoms with E-state index in [9.17, 15) is 4.79 Å². The first-order chi connectivity index (χ1) is 11.6. The maximum absolute atomic E-state index is 12.5. The maximum atomic E-state index is 12.5. The molecule has 24 heavy (non-hydrogen) atoms. The summed E-state index contributed by atoms with van der Waals surface area (Å²) in [7, 11) is 0. The number of nitrogens with zero attached hydrogens (tertiary/aromatic N) is 3. The van der Waals surface area contributed by atoms with Gasteiger partial charge in [0.05, 0.1) is 0 Å². The molecule has 0 radical (unpaired) electrons. The lowest BCUT2D eigenvalue weighted by atomic mass is 9.96. The molecule has 0 bridgehead atoms. The van der Waals surface area contributed by atoms with E-state index in [1.54, 1.807) is 12.4 Å². The molecule has 0 unspecified atom stereocenters. The van der Waals surface area contributed by atoms with Crippen LogP contribution in [0.15, 0.2) is 42.7 Å². The molecule has 1 aromatic carbocycles. The summed E-state index contributed by atoms with van der Waals surface area (Å²) < 4.78 is 0. The van der Waals surface area contributed by atoms with Gasteiger partial charge in [-0.3, -0.25) is 4.79 Å². The van der Waals surface area contributed by atoms with Gasteiger partial charge in [-0.1, -0.05) is 26.0 Å². The molecule has 0 spiro atoms. The van der Waals surface area contributed by atoms with Crippen LogP contribution < -0.4 is 10.2 Å². The molecule has 0 saturated carbocycles. The summed E-state index contributed by atoms with van der Waals surface area (Å²) in [6.07, 6.45) is 5.16. The lowest BCUT2D eigenvalue weighted by Gasteiger charge is -2.31. The summed E-state index contributed by atoms with van der Waals surface area (Å²) in [6, 6.07) is 9.94.